The molecule has 21 heavy (non-hydrogen) atoms. The minimum atomic E-state index is -3.86. The van der Waals surface area contributed by atoms with Crippen molar-refractivity contribution in [1.82, 2.24) is 10.0 Å². The molecule has 0 aliphatic heterocycles. The van der Waals surface area contributed by atoms with Crippen molar-refractivity contribution in [1.29, 1.82) is 0 Å². The van der Waals surface area contributed by atoms with Gasteiger partial charge in [0.05, 0.1) is 29.7 Å². The zero-order chi connectivity index (χ0) is 16.3. The minimum Gasteiger partial charge on any atom is -0.496 e. The Balaban J connectivity index is 3.29. The second kappa shape index (κ2) is 6.42. The summed E-state index contributed by atoms with van der Waals surface area (Å²) in [5, 5.41) is 11.6. The molecular weight excluding hydrogens is 296 g/mol. The van der Waals surface area contributed by atoms with E-state index >= 15 is 0 Å². The third-order valence-corrected chi connectivity index (χ3v) is 4.45. The van der Waals surface area contributed by atoms with E-state index in [-0.39, 0.29) is 22.8 Å². The number of ether oxygens (including phenoxy) is 1. The molecule has 7 nitrogen and oxygen atoms in total. The quantitative estimate of drug-likeness (QED) is 0.690. The van der Waals surface area contributed by atoms with E-state index in [1.807, 2.05) is 0 Å². The molecule has 0 radical (unpaired) electrons. The van der Waals surface area contributed by atoms with E-state index in [1.54, 1.807) is 13.8 Å². The molecule has 0 spiro atoms. The summed E-state index contributed by atoms with van der Waals surface area (Å²) in [6, 6.07) is 3.97. The molecular formula is C13H20N2O5S. The van der Waals surface area contributed by atoms with Crippen molar-refractivity contribution in [3.8, 4) is 5.75 Å². The van der Waals surface area contributed by atoms with Crippen LogP contribution in [-0.4, -0.2) is 45.7 Å². The van der Waals surface area contributed by atoms with Gasteiger partial charge in [0.2, 0.25) is 10.0 Å². The Bertz CT molecular complexity index is 625. The van der Waals surface area contributed by atoms with Gasteiger partial charge in [-0.3, -0.25) is 4.79 Å². The van der Waals surface area contributed by atoms with E-state index in [0.29, 0.717) is 0 Å². The van der Waals surface area contributed by atoms with Gasteiger partial charge in [0.25, 0.3) is 5.91 Å². The first-order valence-electron chi connectivity index (χ1n) is 6.22. The fourth-order valence-corrected chi connectivity index (χ4v) is 3.05. The number of carbonyl (C=O) groups excluding carboxylic acids is 1. The zero-order valence-corrected chi connectivity index (χ0v) is 13.2. The summed E-state index contributed by atoms with van der Waals surface area (Å²) in [5.41, 5.74) is -0.893. The van der Waals surface area contributed by atoms with E-state index in [0.717, 1.165) is 0 Å². The summed E-state index contributed by atoms with van der Waals surface area (Å²) in [7, 11) is -1.03. The molecule has 1 aromatic carbocycles. The highest BCUT2D eigenvalue weighted by molar-refractivity contribution is 7.89. The van der Waals surface area contributed by atoms with Crippen LogP contribution in [0.4, 0.5) is 0 Å². The highest BCUT2D eigenvalue weighted by Gasteiger charge is 2.26. The lowest BCUT2D eigenvalue weighted by atomic mass is 10.1. The molecule has 0 aliphatic rings. The van der Waals surface area contributed by atoms with Gasteiger partial charge in [-0.1, -0.05) is 0 Å². The largest absolute Gasteiger partial charge is 0.496 e. The predicted octanol–water partition coefficient (Wildman–Crippen LogP) is 0.104. The lowest BCUT2D eigenvalue weighted by molar-refractivity contribution is 0.0960. The first kappa shape index (κ1) is 17.4. The van der Waals surface area contributed by atoms with Crippen LogP contribution in [-0.2, 0) is 10.0 Å². The van der Waals surface area contributed by atoms with Crippen molar-refractivity contribution >= 4 is 15.9 Å². The lowest BCUT2D eigenvalue weighted by Gasteiger charge is -2.23. The van der Waals surface area contributed by atoms with Crippen LogP contribution < -0.4 is 14.8 Å². The smallest absolute Gasteiger partial charge is 0.254 e. The van der Waals surface area contributed by atoms with Crippen molar-refractivity contribution in [2.24, 2.45) is 0 Å². The van der Waals surface area contributed by atoms with Gasteiger partial charge in [-0.05, 0) is 32.0 Å². The number of nitrogens with one attached hydrogen (secondary N) is 2. The van der Waals surface area contributed by atoms with Crippen LogP contribution in [0.15, 0.2) is 23.1 Å². The standard InChI is InChI=1S/C13H20N2O5S/c1-13(2,8-16)15-21(18,19)9-5-6-11(20-4)10(7-9)12(17)14-3/h5-7,15-16H,8H2,1-4H3,(H,14,17). The monoisotopic (exact) mass is 316 g/mol. The van der Waals surface area contributed by atoms with Gasteiger partial charge < -0.3 is 15.2 Å². The predicted molar refractivity (Wildman–Crippen MR) is 77.9 cm³/mol. The third kappa shape index (κ3) is 4.16. The first-order valence-corrected chi connectivity index (χ1v) is 7.70. The first-order chi connectivity index (χ1) is 9.66. The van der Waals surface area contributed by atoms with Gasteiger partial charge >= 0.3 is 0 Å². The van der Waals surface area contributed by atoms with Gasteiger partial charge in [-0.25, -0.2) is 13.1 Å². The second-order valence-corrected chi connectivity index (χ2v) is 6.77. The Morgan fingerprint density at radius 2 is 2.00 bits per heavy atom. The van der Waals surface area contributed by atoms with Crippen LogP contribution in [0.5, 0.6) is 5.75 Å². The molecule has 0 aliphatic carbocycles. The fourth-order valence-electron chi connectivity index (χ4n) is 1.62. The molecule has 0 atom stereocenters. The maximum atomic E-state index is 12.3. The summed E-state index contributed by atoms with van der Waals surface area (Å²) >= 11 is 0. The molecule has 8 heteroatoms. The van der Waals surface area contributed by atoms with Gasteiger partial charge in [0, 0.05) is 7.05 Å². The Hall–Kier alpha value is -1.64. The summed E-state index contributed by atoms with van der Waals surface area (Å²) < 4.78 is 32.0. The van der Waals surface area contributed by atoms with E-state index < -0.39 is 21.5 Å². The number of carbonyl (C=O) groups is 1. The molecule has 0 saturated carbocycles. The van der Waals surface area contributed by atoms with Crippen LogP contribution in [0.1, 0.15) is 24.2 Å². The third-order valence-electron chi connectivity index (χ3n) is 2.76. The molecule has 0 fully saturated rings. The van der Waals surface area contributed by atoms with E-state index in [9.17, 15) is 13.2 Å². The molecule has 0 bridgehead atoms. The number of methoxy groups -OCH3 is 1. The van der Waals surface area contributed by atoms with Gasteiger partial charge in [-0.15, -0.1) is 0 Å². The number of sulfonamides is 1. The van der Waals surface area contributed by atoms with Crippen molar-refractivity contribution in [2.45, 2.75) is 24.3 Å². The van der Waals surface area contributed by atoms with E-state index in [1.165, 1.54) is 32.4 Å². The van der Waals surface area contributed by atoms with Gasteiger partial charge in [0.15, 0.2) is 0 Å². The summed E-state index contributed by atoms with van der Waals surface area (Å²) in [6.45, 7) is 2.74. The summed E-state index contributed by atoms with van der Waals surface area (Å²) in [5.74, 6) is -0.181. The van der Waals surface area contributed by atoms with E-state index in [2.05, 4.69) is 10.0 Å². The Morgan fingerprint density at radius 1 is 1.38 bits per heavy atom. The van der Waals surface area contributed by atoms with E-state index in [4.69, 9.17) is 9.84 Å². The SMILES string of the molecule is CNC(=O)c1cc(S(=O)(=O)NC(C)(C)CO)ccc1OC. The average Bonchev–Trinajstić information content (AvgIpc) is 2.44. The van der Waals surface area contributed by atoms with Crippen LogP contribution >= 0.6 is 0 Å². The number of hydrogen-bond acceptors (Lipinski definition) is 5. The molecule has 0 unspecified atom stereocenters. The van der Waals surface area contributed by atoms with Crippen molar-refractivity contribution in [2.75, 3.05) is 20.8 Å². The lowest BCUT2D eigenvalue weighted by Crippen LogP contribution is -2.46. The second-order valence-electron chi connectivity index (χ2n) is 5.09. The summed E-state index contributed by atoms with van der Waals surface area (Å²) in [4.78, 5) is 11.7. The number of hydrogen-bond donors (Lipinski definition) is 3. The highest BCUT2D eigenvalue weighted by Crippen LogP contribution is 2.23. The van der Waals surface area contributed by atoms with Crippen molar-refractivity contribution in [3.05, 3.63) is 23.8 Å². The highest BCUT2D eigenvalue weighted by atomic mass is 32.2. The fraction of sp³-hybridized carbons (Fsp3) is 0.462. The summed E-state index contributed by atoms with van der Waals surface area (Å²) in [6.07, 6.45) is 0. The maximum Gasteiger partial charge on any atom is 0.254 e. The molecule has 0 aromatic heterocycles. The average molecular weight is 316 g/mol. The maximum absolute atomic E-state index is 12.3. The zero-order valence-electron chi connectivity index (χ0n) is 12.4. The molecule has 3 N–H and O–H groups in total. The topological polar surface area (TPSA) is 105 Å². The van der Waals surface area contributed by atoms with Crippen LogP contribution in [0, 0.1) is 0 Å². The molecule has 118 valence electrons. The van der Waals surface area contributed by atoms with Crippen molar-refractivity contribution in [3.63, 3.8) is 0 Å². The van der Waals surface area contributed by atoms with Crippen LogP contribution in [0.3, 0.4) is 0 Å². The number of aliphatic hydroxyl groups excluding tert-OH is 1. The molecule has 0 heterocycles. The number of amides is 1. The Kier molecular flexibility index (Phi) is 5.32. The Morgan fingerprint density at radius 3 is 2.48 bits per heavy atom. The molecule has 1 amide bonds. The Labute approximate surface area is 124 Å². The van der Waals surface area contributed by atoms with Gasteiger partial charge in [0.1, 0.15) is 5.75 Å². The molecule has 1 rings (SSSR count). The van der Waals surface area contributed by atoms with Crippen LogP contribution in [0.2, 0.25) is 0 Å². The normalized spacial score (nSPS) is 12.0. The molecule has 0 saturated heterocycles. The minimum absolute atomic E-state index is 0.0802. The number of aliphatic hydroxyl groups is 1. The number of benzene rings is 1. The van der Waals surface area contributed by atoms with Gasteiger partial charge in [-0.2, -0.15) is 0 Å². The van der Waals surface area contributed by atoms with Crippen molar-refractivity contribution < 1.29 is 23.1 Å². The van der Waals surface area contributed by atoms with Crippen LogP contribution in [0.25, 0.3) is 0 Å². The number of rotatable bonds is 6. The molecule has 1 aromatic rings.